The standard InChI is InChI=1S/C25H28ClN7O3/c1-2-23(34)31-21-16-20(7-8-22(21)36-12-4-9-33-10-13-35-14-11-33)30-25-28-17-27-24(32-25)29-19-6-3-5-18(26)15-19/h2-3,5-8,15-17H,1,4,9-14H2,(H,31,34)(H2,27,28,29,30,32). The average molecular weight is 510 g/mol. The van der Waals surface area contributed by atoms with Crippen LogP contribution in [0.1, 0.15) is 6.42 Å². The van der Waals surface area contributed by atoms with Gasteiger partial charge in [0.25, 0.3) is 0 Å². The highest BCUT2D eigenvalue weighted by Crippen LogP contribution is 2.29. The number of halogens is 1. The van der Waals surface area contributed by atoms with Crippen molar-refractivity contribution in [3.05, 3.63) is 66.5 Å². The summed E-state index contributed by atoms with van der Waals surface area (Å²) < 4.78 is 11.4. The normalized spacial score (nSPS) is 13.6. The van der Waals surface area contributed by atoms with Gasteiger partial charge in [-0.15, -0.1) is 0 Å². The lowest BCUT2D eigenvalue weighted by molar-refractivity contribution is -0.111. The third-order valence-corrected chi connectivity index (χ3v) is 5.55. The predicted molar refractivity (Wildman–Crippen MR) is 140 cm³/mol. The van der Waals surface area contributed by atoms with Crippen molar-refractivity contribution < 1.29 is 14.3 Å². The molecule has 1 fully saturated rings. The molecule has 0 aliphatic carbocycles. The Morgan fingerprint density at radius 2 is 1.86 bits per heavy atom. The Balaban J connectivity index is 1.41. The van der Waals surface area contributed by atoms with Crippen LogP contribution in [0.25, 0.3) is 0 Å². The fourth-order valence-corrected chi connectivity index (χ4v) is 3.74. The number of amides is 1. The van der Waals surface area contributed by atoms with E-state index in [2.05, 4.69) is 42.4 Å². The third-order valence-electron chi connectivity index (χ3n) is 5.31. The van der Waals surface area contributed by atoms with E-state index in [1.54, 1.807) is 24.3 Å². The second kappa shape index (κ2) is 12.8. The minimum atomic E-state index is -0.335. The maximum atomic E-state index is 12.0. The molecule has 2 aromatic carbocycles. The van der Waals surface area contributed by atoms with E-state index in [0.717, 1.165) is 45.0 Å². The first-order valence-corrected chi connectivity index (χ1v) is 12.0. The Hall–Kier alpha value is -3.73. The van der Waals surface area contributed by atoms with Crippen molar-refractivity contribution >= 4 is 46.5 Å². The zero-order valence-corrected chi connectivity index (χ0v) is 20.5. The summed E-state index contributed by atoms with van der Waals surface area (Å²) >= 11 is 6.04. The van der Waals surface area contributed by atoms with Crippen molar-refractivity contribution in [1.29, 1.82) is 0 Å². The highest BCUT2D eigenvalue weighted by molar-refractivity contribution is 6.30. The molecule has 1 aliphatic heterocycles. The lowest BCUT2D eigenvalue weighted by Crippen LogP contribution is -2.37. The van der Waals surface area contributed by atoms with Gasteiger partial charge < -0.3 is 25.4 Å². The van der Waals surface area contributed by atoms with E-state index in [1.165, 1.54) is 12.4 Å². The van der Waals surface area contributed by atoms with Crippen molar-refractivity contribution in [3.63, 3.8) is 0 Å². The molecule has 0 spiro atoms. The first-order valence-electron chi connectivity index (χ1n) is 11.6. The number of hydrogen-bond donors (Lipinski definition) is 3. The highest BCUT2D eigenvalue weighted by Gasteiger charge is 2.12. The fourth-order valence-electron chi connectivity index (χ4n) is 3.55. The molecule has 3 N–H and O–H groups in total. The number of nitrogens with one attached hydrogen (secondary N) is 3. The van der Waals surface area contributed by atoms with Gasteiger partial charge in [-0.1, -0.05) is 24.2 Å². The van der Waals surface area contributed by atoms with Gasteiger partial charge in [-0.2, -0.15) is 4.98 Å². The van der Waals surface area contributed by atoms with E-state index in [9.17, 15) is 4.79 Å². The molecule has 0 atom stereocenters. The van der Waals surface area contributed by atoms with E-state index in [0.29, 0.717) is 40.7 Å². The van der Waals surface area contributed by atoms with Crippen LogP contribution in [0.2, 0.25) is 5.02 Å². The van der Waals surface area contributed by atoms with Crippen LogP contribution in [0.4, 0.5) is 29.0 Å². The minimum Gasteiger partial charge on any atom is -0.491 e. The molecule has 11 heteroatoms. The largest absolute Gasteiger partial charge is 0.491 e. The molecule has 4 rings (SSSR count). The summed E-state index contributed by atoms with van der Waals surface area (Å²) in [5, 5.41) is 9.62. The Bertz CT molecular complexity index is 1190. The summed E-state index contributed by atoms with van der Waals surface area (Å²) in [5.74, 6) is 0.917. The number of morpholine rings is 1. The van der Waals surface area contributed by atoms with Gasteiger partial charge in [0.2, 0.25) is 17.8 Å². The summed E-state index contributed by atoms with van der Waals surface area (Å²) in [6.07, 6.45) is 3.47. The number of anilines is 5. The molecule has 1 saturated heterocycles. The quantitative estimate of drug-likeness (QED) is 0.258. The minimum absolute atomic E-state index is 0.328. The number of nitrogens with zero attached hydrogens (tertiary/aromatic N) is 4. The maximum absolute atomic E-state index is 12.0. The SMILES string of the molecule is C=CC(=O)Nc1cc(Nc2ncnc(Nc3cccc(Cl)c3)n2)ccc1OCCCN1CCOCC1. The molecule has 10 nitrogen and oxygen atoms in total. The zero-order valence-electron chi connectivity index (χ0n) is 19.7. The van der Waals surface area contributed by atoms with Crippen LogP contribution in [0.3, 0.4) is 0 Å². The van der Waals surface area contributed by atoms with E-state index in [1.807, 2.05) is 18.2 Å². The molecule has 1 aromatic heterocycles. The fraction of sp³-hybridized carbons (Fsp3) is 0.280. The molecule has 2 heterocycles. The number of hydrogen-bond acceptors (Lipinski definition) is 9. The van der Waals surface area contributed by atoms with E-state index < -0.39 is 0 Å². The number of ether oxygens (including phenoxy) is 2. The summed E-state index contributed by atoms with van der Waals surface area (Å²) in [7, 11) is 0. The second-order valence-corrected chi connectivity index (χ2v) is 8.39. The number of benzene rings is 2. The average Bonchev–Trinajstić information content (AvgIpc) is 2.88. The van der Waals surface area contributed by atoms with Crippen molar-refractivity contribution in [2.45, 2.75) is 6.42 Å². The predicted octanol–water partition coefficient (Wildman–Crippen LogP) is 4.24. The Morgan fingerprint density at radius 3 is 2.58 bits per heavy atom. The van der Waals surface area contributed by atoms with Crippen molar-refractivity contribution in [3.8, 4) is 5.75 Å². The van der Waals surface area contributed by atoms with E-state index in [-0.39, 0.29) is 5.91 Å². The summed E-state index contributed by atoms with van der Waals surface area (Å²) in [4.78, 5) is 27.1. The lowest BCUT2D eigenvalue weighted by atomic mass is 10.2. The van der Waals surface area contributed by atoms with Crippen LogP contribution in [0, 0.1) is 0 Å². The molecule has 0 unspecified atom stereocenters. The van der Waals surface area contributed by atoms with Crippen LogP contribution in [0.15, 0.2) is 61.4 Å². The van der Waals surface area contributed by atoms with Crippen molar-refractivity contribution in [2.24, 2.45) is 0 Å². The van der Waals surface area contributed by atoms with Crippen LogP contribution in [0.5, 0.6) is 5.75 Å². The van der Waals surface area contributed by atoms with Crippen molar-refractivity contribution in [1.82, 2.24) is 19.9 Å². The Labute approximate surface area is 214 Å². The molecule has 1 amide bonds. The van der Waals surface area contributed by atoms with Gasteiger partial charge in [0, 0.05) is 36.0 Å². The van der Waals surface area contributed by atoms with Gasteiger partial charge in [-0.25, -0.2) is 9.97 Å². The summed E-state index contributed by atoms with van der Waals surface area (Å²) in [6.45, 7) is 8.40. The van der Waals surface area contributed by atoms with Gasteiger partial charge in [0.1, 0.15) is 12.1 Å². The van der Waals surface area contributed by atoms with Gasteiger partial charge >= 0.3 is 0 Å². The van der Waals surface area contributed by atoms with Gasteiger partial charge in [-0.05, 0) is 48.9 Å². The van der Waals surface area contributed by atoms with Crippen LogP contribution in [-0.4, -0.2) is 65.2 Å². The number of carbonyl (C=O) groups is 1. The molecule has 3 aromatic rings. The van der Waals surface area contributed by atoms with E-state index >= 15 is 0 Å². The molecule has 1 aliphatic rings. The Morgan fingerprint density at radius 1 is 1.11 bits per heavy atom. The van der Waals surface area contributed by atoms with E-state index in [4.69, 9.17) is 21.1 Å². The molecule has 0 saturated carbocycles. The highest BCUT2D eigenvalue weighted by atomic mass is 35.5. The smallest absolute Gasteiger partial charge is 0.247 e. The molecule has 0 bridgehead atoms. The number of carbonyl (C=O) groups excluding carboxylic acids is 1. The van der Waals surface area contributed by atoms with Crippen LogP contribution in [-0.2, 0) is 9.53 Å². The molecule has 36 heavy (non-hydrogen) atoms. The first-order chi connectivity index (χ1) is 17.6. The third kappa shape index (κ3) is 7.64. The molecule has 0 radical (unpaired) electrons. The lowest BCUT2D eigenvalue weighted by Gasteiger charge is -2.26. The molecular weight excluding hydrogens is 482 g/mol. The number of aromatic nitrogens is 3. The maximum Gasteiger partial charge on any atom is 0.247 e. The Kier molecular flexibility index (Phi) is 9.03. The van der Waals surface area contributed by atoms with Crippen LogP contribution >= 0.6 is 11.6 Å². The first kappa shape index (κ1) is 25.4. The van der Waals surface area contributed by atoms with Gasteiger partial charge in [0.15, 0.2) is 0 Å². The summed E-state index contributed by atoms with van der Waals surface area (Å²) in [6, 6.07) is 12.6. The zero-order chi connectivity index (χ0) is 25.2. The molecular formula is C25H28ClN7O3. The topological polar surface area (TPSA) is 114 Å². The van der Waals surface area contributed by atoms with Crippen molar-refractivity contribution in [2.75, 3.05) is 55.4 Å². The van der Waals surface area contributed by atoms with Gasteiger partial charge in [0.05, 0.1) is 25.5 Å². The van der Waals surface area contributed by atoms with Crippen LogP contribution < -0.4 is 20.7 Å². The molecule has 188 valence electrons. The second-order valence-electron chi connectivity index (χ2n) is 7.95. The van der Waals surface area contributed by atoms with Gasteiger partial charge in [-0.3, -0.25) is 9.69 Å². The monoisotopic (exact) mass is 509 g/mol. The number of rotatable bonds is 11. The summed E-state index contributed by atoms with van der Waals surface area (Å²) in [5.41, 5.74) is 1.93.